The lowest BCUT2D eigenvalue weighted by atomic mass is 10.00. The maximum absolute atomic E-state index is 4.27. The molecule has 2 heteroatoms. The lowest BCUT2D eigenvalue weighted by molar-refractivity contribution is 0.447. The fourth-order valence-corrected chi connectivity index (χ4v) is 2.02. The van der Waals surface area contributed by atoms with Crippen molar-refractivity contribution >= 4 is 0 Å². The quantitative estimate of drug-likeness (QED) is 0.463. The number of azo groups is 1. The highest BCUT2D eigenvalue weighted by atomic mass is 15.1. The maximum Gasteiger partial charge on any atom is 0.0601 e. The average molecular weight is 226 g/mol. The van der Waals surface area contributed by atoms with E-state index >= 15 is 0 Å². The number of rotatable bonds is 10. The van der Waals surface area contributed by atoms with Gasteiger partial charge in [-0.25, -0.2) is 0 Å². The molecule has 0 aromatic rings. The van der Waals surface area contributed by atoms with Crippen molar-refractivity contribution in [2.45, 2.75) is 66.2 Å². The normalized spacial score (nSPS) is 12.1. The van der Waals surface area contributed by atoms with E-state index in [1.54, 1.807) is 0 Å². The van der Waals surface area contributed by atoms with Crippen molar-refractivity contribution in [3.63, 3.8) is 0 Å². The van der Waals surface area contributed by atoms with Crippen LogP contribution in [0.2, 0.25) is 0 Å². The summed E-state index contributed by atoms with van der Waals surface area (Å²) in [4.78, 5) is 0. The van der Waals surface area contributed by atoms with E-state index in [0.29, 0.717) is 0 Å². The Balaban J connectivity index is 3.47. The molecule has 16 heavy (non-hydrogen) atoms. The molecule has 0 aromatic heterocycles. The van der Waals surface area contributed by atoms with Gasteiger partial charge in [-0.2, -0.15) is 10.2 Å². The fourth-order valence-electron chi connectivity index (χ4n) is 2.02. The molecule has 0 aliphatic carbocycles. The monoisotopic (exact) mass is 226 g/mol. The van der Waals surface area contributed by atoms with E-state index in [0.717, 1.165) is 24.9 Å². The van der Waals surface area contributed by atoms with Gasteiger partial charge in [-0.1, -0.05) is 53.4 Å². The molecule has 0 amide bonds. The first-order valence-electron chi connectivity index (χ1n) is 7.11. The molecule has 0 bridgehead atoms. The Morgan fingerprint density at radius 3 is 1.19 bits per heavy atom. The summed E-state index contributed by atoms with van der Waals surface area (Å²) in [6, 6.07) is 0. The highest BCUT2D eigenvalue weighted by Gasteiger charge is 2.02. The second kappa shape index (κ2) is 11.1. The van der Waals surface area contributed by atoms with Crippen LogP contribution in [0.4, 0.5) is 0 Å². The van der Waals surface area contributed by atoms with Crippen molar-refractivity contribution in [3.05, 3.63) is 0 Å². The first kappa shape index (κ1) is 15.6. The number of nitrogens with zero attached hydrogens (tertiary/aromatic N) is 2. The Labute approximate surface area is 102 Å². The van der Waals surface area contributed by atoms with Crippen molar-refractivity contribution in [2.24, 2.45) is 22.1 Å². The molecule has 96 valence electrons. The predicted molar refractivity (Wildman–Crippen MR) is 72.0 cm³/mol. The summed E-state index contributed by atoms with van der Waals surface area (Å²) >= 11 is 0. The van der Waals surface area contributed by atoms with Crippen LogP contribution in [0.1, 0.15) is 66.2 Å². The highest BCUT2D eigenvalue weighted by Crippen LogP contribution is 2.13. The molecule has 2 nitrogen and oxygen atoms in total. The largest absolute Gasteiger partial charge is 0.194 e. The maximum atomic E-state index is 4.27. The fraction of sp³-hybridized carbons (Fsp3) is 1.00. The van der Waals surface area contributed by atoms with Crippen molar-refractivity contribution in [3.8, 4) is 0 Å². The van der Waals surface area contributed by atoms with Gasteiger partial charge in [0.1, 0.15) is 0 Å². The van der Waals surface area contributed by atoms with Crippen molar-refractivity contribution in [2.75, 3.05) is 13.1 Å². The SMILES string of the molecule is CCC(CC)CCN=NCCC(CC)CC. The molecule has 0 saturated carbocycles. The average Bonchev–Trinajstić information content (AvgIpc) is 2.33. The van der Waals surface area contributed by atoms with Gasteiger partial charge in [0, 0.05) is 0 Å². The second-order valence-electron chi connectivity index (χ2n) is 4.67. The summed E-state index contributed by atoms with van der Waals surface area (Å²) < 4.78 is 0. The van der Waals surface area contributed by atoms with Gasteiger partial charge in [0.05, 0.1) is 13.1 Å². The molecule has 0 saturated heterocycles. The Bertz CT molecular complexity index is 140. The van der Waals surface area contributed by atoms with Crippen LogP contribution < -0.4 is 0 Å². The zero-order chi connectivity index (χ0) is 12.2. The van der Waals surface area contributed by atoms with Crippen LogP contribution in [0.3, 0.4) is 0 Å². The van der Waals surface area contributed by atoms with E-state index in [-0.39, 0.29) is 0 Å². The van der Waals surface area contributed by atoms with E-state index in [1.165, 1.54) is 38.5 Å². The standard InChI is InChI=1S/C14H30N2/c1-5-13(6-2)9-11-15-16-12-10-14(7-3)8-4/h13-14H,5-12H2,1-4H3. The molecule has 0 spiro atoms. The Morgan fingerprint density at radius 1 is 0.625 bits per heavy atom. The first-order valence-corrected chi connectivity index (χ1v) is 7.11. The minimum absolute atomic E-state index is 0.845. The lowest BCUT2D eigenvalue weighted by Gasteiger charge is -2.09. The molecule has 0 atom stereocenters. The summed E-state index contributed by atoms with van der Waals surface area (Å²) in [6.45, 7) is 10.9. The lowest BCUT2D eigenvalue weighted by Crippen LogP contribution is -2.00. The van der Waals surface area contributed by atoms with Gasteiger partial charge in [0.25, 0.3) is 0 Å². The van der Waals surface area contributed by atoms with Crippen LogP contribution in [-0.2, 0) is 0 Å². The zero-order valence-electron chi connectivity index (χ0n) is 11.7. The zero-order valence-corrected chi connectivity index (χ0v) is 11.7. The minimum Gasteiger partial charge on any atom is -0.194 e. The Morgan fingerprint density at radius 2 is 0.938 bits per heavy atom. The van der Waals surface area contributed by atoms with E-state index in [2.05, 4.69) is 37.9 Å². The van der Waals surface area contributed by atoms with E-state index in [4.69, 9.17) is 0 Å². The smallest absolute Gasteiger partial charge is 0.0601 e. The third kappa shape index (κ3) is 7.84. The number of hydrogen-bond donors (Lipinski definition) is 0. The summed E-state index contributed by atoms with van der Waals surface area (Å²) in [5.41, 5.74) is 0. The van der Waals surface area contributed by atoms with E-state index < -0.39 is 0 Å². The number of hydrogen-bond acceptors (Lipinski definition) is 2. The summed E-state index contributed by atoms with van der Waals surface area (Å²) in [6.07, 6.45) is 7.53. The van der Waals surface area contributed by atoms with Crippen LogP contribution >= 0.6 is 0 Å². The second-order valence-corrected chi connectivity index (χ2v) is 4.67. The van der Waals surface area contributed by atoms with Crippen LogP contribution in [0.25, 0.3) is 0 Å². The van der Waals surface area contributed by atoms with E-state index in [9.17, 15) is 0 Å². The summed E-state index contributed by atoms with van der Waals surface area (Å²) in [5, 5.41) is 8.55. The molecule has 0 aliphatic heterocycles. The van der Waals surface area contributed by atoms with Crippen LogP contribution in [0.15, 0.2) is 10.2 Å². The van der Waals surface area contributed by atoms with Crippen LogP contribution in [0, 0.1) is 11.8 Å². The van der Waals surface area contributed by atoms with E-state index in [1.807, 2.05) is 0 Å². The van der Waals surface area contributed by atoms with Crippen molar-refractivity contribution in [1.82, 2.24) is 0 Å². The Hall–Kier alpha value is -0.400. The Kier molecular flexibility index (Phi) is 10.8. The molecule has 0 fully saturated rings. The molecule has 0 radical (unpaired) electrons. The van der Waals surface area contributed by atoms with Crippen molar-refractivity contribution < 1.29 is 0 Å². The van der Waals surface area contributed by atoms with Gasteiger partial charge in [-0.15, -0.1) is 0 Å². The molecule has 0 aromatic carbocycles. The molecular formula is C14H30N2. The summed E-state index contributed by atoms with van der Waals surface area (Å²) in [7, 11) is 0. The molecule has 0 heterocycles. The van der Waals surface area contributed by atoms with Gasteiger partial charge in [-0.05, 0) is 24.7 Å². The van der Waals surface area contributed by atoms with Gasteiger partial charge >= 0.3 is 0 Å². The van der Waals surface area contributed by atoms with Gasteiger partial charge < -0.3 is 0 Å². The predicted octanol–water partition coefficient (Wildman–Crippen LogP) is 5.09. The molecular weight excluding hydrogens is 196 g/mol. The summed E-state index contributed by atoms with van der Waals surface area (Å²) in [5.74, 6) is 1.69. The molecule has 0 rings (SSSR count). The van der Waals surface area contributed by atoms with Crippen LogP contribution in [0.5, 0.6) is 0 Å². The first-order chi connectivity index (χ1) is 7.78. The van der Waals surface area contributed by atoms with Gasteiger partial charge in [0.15, 0.2) is 0 Å². The topological polar surface area (TPSA) is 24.7 Å². The highest BCUT2D eigenvalue weighted by molar-refractivity contribution is 4.57. The molecule has 0 aliphatic rings. The van der Waals surface area contributed by atoms with Gasteiger partial charge in [0.2, 0.25) is 0 Å². The minimum atomic E-state index is 0.845. The third-order valence-electron chi connectivity index (χ3n) is 3.68. The molecule has 0 unspecified atom stereocenters. The molecule has 0 N–H and O–H groups in total. The van der Waals surface area contributed by atoms with Crippen LogP contribution in [-0.4, -0.2) is 13.1 Å². The third-order valence-corrected chi connectivity index (χ3v) is 3.68. The van der Waals surface area contributed by atoms with Crippen molar-refractivity contribution in [1.29, 1.82) is 0 Å². The van der Waals surface area contributed by atoms with Gasteiger partial charge in [-0.3, -0.25) is 0 Å².